The standard InChI is InChI=1S/C17H19NO2.C3H9N/c1-19-15-7-3-13(4-8-15)17(11-12-18)14-5-9-16(20-2)10-6-14;1-3(2)4/h3-11H,12,18H2,1-2H3;3H,4H2,1-2H3. The Kier molecular flexibility index (Phi) is 8.61. The van der Waals surface area contributed by atoms with Crippen molar-refractivity contribution < 1.29 is 9.47 Å². The van der Waals surface area contributed by atoms with Crippen LogP contribution in [0.1, 0.15) is 25.0 Å². The van der Waals surface area contributed by atoms with Crippen LogP contribution in [0.4, 0.5) is 0 Å². The quantitative estimate of drug-likeness (QED) is 0.882. The topological polar surface area (TPSA) is 70.5 Å². The minimum absolute atomic E-state index is 0.333. The molecule has 0 radical (unpaired) electrons. The van der Waals surface area contributed by atoms with Gasteiger partial charge in [0.05, 0.1) is 14.2 Å². The molecular formula is C20H28N2O2. The van der Waals surface area contributed by atoms with Crippen LogP contribution < -0.4 is 20.9 Å². The van der Waals surface area contributed by atoms with Crippen LogP contribution in [0, 0.1) is 0 Å². The number of hydrogen-bond donors (Lipinski definition) is 2. The third-order valence-electron chi connectivity index (χ3n) is 3.12. The molecule has 0 saturated heterocycles. The molecule has 2 rings (SSSR count). The Hall–Kier alpha value is -2.30. The van der Waals surface area contributed by atoms with E-state index < -0.39 is 0 Å². The van der Waals surface area contributed by atoms with E-state index in [9.17, 15) is 0 Å². The fraction of sp³-hybridized carbons (Fsp3) is 0.300. The molecule has 0 unspecified atom stereocenters. The third-order valence-corrected chi connectivity index (χ3v) is 3.12. The van der Waals surface area contributed by atoms with E-state index in [4.69, 9.17) is 20.9 Å². The van der Waals surface area contributed by atoms with Crippen molar-refractivity contribution in [3.63, 3.8) is 0 Å². The van der Waals surface area contributed by atoms with E-state index >= 15 is 0 Å². The molecule has 0 aliphatic carbocycles. The Labute approximate surface area is 145 Å². The molecule has 0 fully saturated rings. The van der Waals surface area contributed by atoms with Crippen molar-refractivity contribution >= 4 is 5.57 Å². The number of hydrogen-bond acceptors (Lipinski definition) is 4. The second-order valence-electron chi connectivity index (χ2n) is 5.55. The third kappa shape index (κ3) is 6.44. The fourth-order valence-corrected chi connectivity index (χ4v) is 2.06. The highest BCUT2D eigenvalue weighted by molar-refractivity contribution is 5.80. The number of benzene rings is 2. The van der Waals surface area contributed by atoms with Gasteiger partial charge in [0.2, 0.25) is 0 Å². The molecule has 4 heteroatoms. The zero-order valence-corrected chi connectivity index (χ0v) is 15.0. The highest BCUT2D eigenvalue weighted by Gasteiger charge is 2.05. The monoisotopic (exact) mass is 328 g/mol. The van der Waals surface area contributed by atoms with Gasteiger partial charge < -0.3 is 20.9 Å². The van der Waals surface area contributed by atoms with E-state index in [1.54, 1.807) is 14.2 Å². The first-order valence-corrected chi connectivity index (χ1v) is 7.96. The van der Waals surface area contributed by atoms with Gasteiger partial charge in [0.1, 0.15) is 11.5 Å². The summed E-state index contributed by atoms with van der Waals surface area (Å²) in [6.45, 7) is 4.38. The minimum atomic E-state index is 0.333. The van der Waals surface area contributed by atoms with Crippen molar-refractivity contribution in [1.82, 2.24) is 0 Å². The summed E-state index contributed by atoms with van der Waals surface area (Å²) in [5.74, 6) is 1.69. The highest BCUT2D eigenvalue weighted by atomic mass is 16.5. The molecule has 0 aliphatic rings. The van der Waals surface area contributed by atoms with Crippen molar-refractivity contribution in [3.8, 4) is 11.5 Å². The van der Waals surface area contributed by atoms with E-state index in [0.717, 1.165) is 28.2 Å². The predicted octanol–water partition coefficient (Wildman–Crippen LogP) is 3.45. The maximum absolute atomic E-state index is 5.69. The molecule has 4 nitrogen and oxygen atoms in total. The maximum atomic E-state index is 5.69. The van der Waals surface area contributed by atoms with Crippen molar-refractivity contribution in [1.29, 1.82) is 0 Å². The molecule has 24 heavy (non-hydrogen) atoms. The molecule has 0 saturated carbocycles. The van der Waals surface area contributed by atoms with Gasteiger partial charge in [-0.25, -0.2) is 0 Å². The summed E-state index contributed by atoms with van der Waals surface area (Å²) in [4.78, 5) is 0. The van der Waals surface area contributed by atoms with Gasteiger partial charge in [0.25, 0.3) is 0 Å². The average molecular weight is 328 g/mol. The van der Waals surface area contributed by atoms with Crippen LogP contribution in [0.2, 0.25) is 0 Å². The molecule has 0 heterocycles. The predicted molar refractivity (Wildman–Crippen MR) is 101 cm³/mol. The Morgan fingerprint density at radius 1 is 0.875 bits per heavy atom. The molecule has 0 amide bonds. The van der Waals surface area contributed by atoms with E-state index in [0.29, 0.717) is 12.6 Å². The van der Waals surface area contributed by atoms with Crippen LogP contribution in [0.5, 0.6) is 11.5 Å². The van der Waals surface area contributed by atoms with Gasteiger partial charge in [-0.15, -0.1) is 0 Å². The maximum Gasteiger partial charge on any atom is 0.118 e. The fourth-order valence-electron chi connectivity index (χ4n) is 2.06. The van der Waals surface area contributed by atoms with Gasteiger partial charge in [-0.1, -0.05) is 44.2 Å². The van der Waals surface area contributed by atoms with E-state index in [2.05, 4.69) is 0 Å². The zero-order chi connectivity index (χ0) is 17.9. The highest BCUT2D eigenvalue weighted by Crippen LogP contribution is 2.26. The smallest absolute Gasteiger partial charge is 0.118 e. The Balaban J connectivity index is 0.000000648. The van der Waals surface area contributed by atoms with Crippen LogP contribution >= 0.6 is 0 Å². The Bertz CT molecular complexity index is 565. The van der Waals surface area contributed by atoms with E-state index in [1.165, 1.54) is 0 Å². The van der Waals surface area contributed by atoms with Crippen LogP contribution in [-0.2, 0) is 0 Å². The molecule has 0 bridgehead atoms. The average Bonchev–Trinajstić information content (AvgIpc) is 2.59. The molecule has 2 aromatic carbocycles. The lowest BCUT2D eigenvalue weighted by Crippen LogP contribution is -2.06. The minimum Gasteiger partial charge on any atom is -0.497 e. The van der Waals surface area contributed by atoms with Crippen molar-refractivity contribution in [3.05, 3.63) is 65.7 Å². The van der Waals surface area contributed by atoms with E-state index in [-0.39, 0.29) is 0 Å². The van der Waals surface area contributed by atoms with Crippen LogP contribution in [0.3, 0.4) is 0 Å². The van der Waals surface area contributed by atoms with Gasteiger partial charge in [-0.3, -0.25) is 0 Å². The second kappa shape index (κ2) is 10.5. The van der Waals surface area contributed by atoms with Crippen LogP contribution in [0.25, 0.3) is 5.57 Å². The number of methoxy groups -OCH3 is 2. The molecule has 0 aromatic heterocycles. The lowest BCUT2D eigenvalue weighted by atomic mass is 9.97. The summed E-state index contributed by atoms with van der Waals surface area (Å²) < 4.78 is 10.4. The summed E-state index contributed by atoms with van der Waals surface area (Å²) in [6, 6.07) is 16.3. The molecule has 4 N–H and O–H groups in total. The second-order valence-corrected chi connectivity index (χ2v) is 5.55. The van der Waals surface area contributed by atoms with Gasteiger partial charge in [-0.2, -0.15) is 0 Å². The Morgan fingerprint density at radius 2 is 1.21 bits per heavy atom. The normalized spacial score (nSPS) is 9.79. The first-order valence-electron chi connectivity index (χ1n) is 7.96. The number of ether oxygens (including phenoxy) is 2. The molecular weight excluding hydrogens is 300 g/mol. The van der Waals surface area contributed by atoms with Crippen LogP contribution in [-0.4, -0.2) is 26.8 Å². The zero-order valence-electron chi connectivity index (χ0n) is 15.0. The molecule has 0 spiro atoms. The van der Waals surface area contributed by atoms with Crippen molar-refractivity contribution in [2.24, 2.45) is 11.5 Å². The molecule has 2 aromatic rings. The summed E-state index contributed by atoms with van der Waals surface area (Å²) >= 11 is 0. The van der Waals surface area contributed by atoms with Gasteiger partial charge in [0, 0.05) is 6.54 Å². The molecule has 0 aliphatic heterocycles. The van der Waals surface area contributed by atoms with Gasteiger partial charge in [-0.05, 0) is 47.0 Å². The van der Waals surface area contributed by atoms with E-state index in [1.807, 2.05) is 68.5 Å². The summed E-state index contributed by atoms with van der Waals surface area (Å²) in [7, 11) is 3.32. The first-order chi connectivity index (χ1) is 11.5. The first kappa shape index (κ1) is 19.7. The number of nitrogens with two attached hydrogens (primary N) is 2. The number of rotatable bonds is 5. The van der Waals surface area contributed by atoms with Crippen LogP contribution in [0.15, 0.2) is 54.6 Å². The lowest BCUT2D eigenvalue weighted by molar-refractivity contribution is 0.414. The van der Waals surface area contributed by atoms with Gasteiger partial charge >= 0.3 is 0 Å². The largest absolute Gasteiger partial charge is 0.497 e. The summed E-state index contributed by atoms with van der Waals surface area (Å²) in [6.07, 6.45) is 2.02. The van der Waals surface area contributed by atoms with Crippen molar-refractivity contribution in [2.45, 2.75) is 19.9 Å². The molecule has 130 valence electrons. The van der Waals surface area contributed by atoms with Crippen molar-refractivity contribution in [2.75, 3.05) is 20.8 Å². The SMILES string of the molecule is CC(C)N.COc1ccc(C(=CCN)c2ccc(OC)cc2)cc1. The Morgan fingerprint density at radius 3 is 1.46 bits per heavy atom. The van der Waals surface area contributed by atoms with Gasteiger partial charge in [0.15, 0.2) is 0 Å². The molecule has 0 atom stereocenters. The summed E-state index contributed by atoms with van der Waals surface area (Å²) in [5, 5.41) is 0. The lowest BCUT2D eigenvalue weighted by Gasteiger charge is -2.10. The summed E-state index contributed by atoms with van der Waals surface area (Å²) in [5.41, 5.74) is 14.1.